The fourth-order valence-corrected chi connectivity index (χ4v) is 1.25. The third kappa shape index (κ3) is 2.96. The first-order valence-corrected chi connectivity index (χ1v) is 4.81. The molecular formula is C12H16O2. The summed E-state index contributed by atoms with van der Waals surface area (Å²) < 4.78 is 5.47. The summed E-state index contributed by atoms with van der Waals surface area (Å²) in [6.45, 7) is 6.05. The van der Waals surface area contributed by atoms with E-state index in [1.165, 1.54) is 0 Å². The van der Waals surface area contributed by atoms with Crippen molar-refractivity contribution in [3.05, 3.63) is 35.4 Å². The van der Waals surface area contributed by atoms with Crippen LogP contribution >= 0.6 is 0 Å². The number of carbonyl (C=O) groups is 1. The molecule has 0 N–H and O–H groups in total. The van der Waals surface area contributed by atoms with Crippen molar-refractivity contribution in [1.82, 2.24) is 0 Å². The van der Waals surface area contributed by atoms with E-state index in [1.54, 1.807) is 6.92 Å². The molecule has 1 aromatic rings. The largest absolute Gasteiger partial charge is 0.374 e. The van der Waals surface area contributed by atoms with Crippen LogP contribution in [0.3, 0.4) is 0 Å². The van der Waals surface area contributed by atoms with Gasteiger partial charge in [-0.25, -0.2) is 0 Å². The number of ether oxygens (including phenoxy) is 1. The fraction of sp³-hybridized carbons (Fsp3) is 0.417. The molecule has 1 rings (SSSR count). The maximum absolute atomic E-state index is 11.3. The van der Waals surface area contributed by atoms with Crippen molar-refractivity contribution in [3.63, 3.8) is 0 Å². The summed E-state index contributed by atoms with van der Waals surface area (Å²) in [5.41, 5.74) is 1.72. The molecule has 76 valence electrons. The van der Waals surface area contributed by atoms with Crippen molar-refractivity contribution >= 4 is 5.78 Å². The molecule has 0 bridgehead atoms. The third-order valence-corrected chi connectivity index (χ3v) is 1.97. The van der Waals surface area contributed by atoms with Crippen molar-refractivity contribution < 1.29 is 9.53 Å². The zero-order valence-corrected chi connectivity index (χ0v) is 8.91. The van der Waals surface area contributed by atoms with E-state index in [-0.39, 0.29) is 11.9 Å². The van der Waals surface area contributed by atoms with Crippen molar-refractivity contribution in [2.45, 2.75) is 33.5 Å². The first-order valence-electron chi connectivity index (χ1n) is 4.81. The van der Waals surface area contributed by atoms with Gasteiger partial charge in [-0.1, -0.05) is 24.3 Å². The van der Waals surface area contributed by atoms with Crippen molar-refractivity contribution in [3.8, 4) is 0 Å². The highest BCUT2D eigenvalue weighted by molar-refractivity contribution is 5.95. The lowest BCUT2D eigenvalue weighted by Crippen LogP contribution is -2.06. The van der Waals surface area contributed by atoms with E-state index in [4.69, 9.17) is 4.74 Å². The predicted octanol–water partition coefficient (Wildman–Crippen LogP) is 2.81. The molecule has 0 saturated carbocycles. The molecule has 0 atom stereocenters. The first-order chi connectivity index (χ1) is 6.61. The molecular weight excluding hydrogens is 176 g/mol. The standard InChI is InChI=1S/C12H16O2/c1-9(2)14-8-11-6-4-5-7-12(11)10(3)13/h4-7,9H,8H2,1-3H3. The Morgan fingerprint density at radius 1 is 1.36 bits per heavy atom. The van der Waals surface area contributed by atoms with Crippen LogP contribution in [0.15, 0.2) is 24.3 Å². The van der Waals surface area contributed by atoms with Crippen LogP contribution in [0.2, 0.25) is 0 Å². The Morgan fingerprint density at radius 2 is 2.00 bits per heavy atom. The van der Waals surface area contributed by atoms with Gasteiger partial charge in [0.05, 0.1) is 12.7 Å². The molecule has 0 radical (unpaired) electrons. The molecule has 0 saturated heterocycles. The zero-order chi connectivity index (χ0) is 10.6. The van der Waals surface area contributed by atoms with E-state index in [0.717, 1.165) is 11.1 Å². The highest BCUT2D eigenvalue weighted by Gasteiger charge is 2.06. The minimum absolute atomic E-state index is 0.0907. The molecule has 0 aliphatic rings. The van der Waals surface area contributed by atoms with Gasteiger partial charge in [-0.2, -0.15) is 0 Å². The Kier molecular flexibility index (Phi) is 3.84. The summed E-state index contributed by atoms with van der Waals surface area (Å²) >= 11 is 0. The number of hydrogen-bond acceptors (Lipinski definition) is 2. The molecule has 2 heteroatoms. The normalized spacial score (nSPS) is 10.6. The topological polar surface area (TPSA) is 26.3 Å². The van der Waals surface area contributed by atoms with E-state index < -0.39 is 0 Å². The van der Waals surface area contributed by atoms with Gasteiger partial charge in [-0.05, 0) is 26.3 Å². The van der Waals surface area contributed by atoms with Crippen LogP contribution in [0.4, 0.5) is 0 Å². The van der Waals surface area contributed by atoms with Gasteiger partial charge in [0.25, 0.3) is 0 Å². The minimum Gasteiger partial charge on any atom is -0.374 e. The molecule has 14 heavy (non-hydrogen) atoms. The Hall–Kier alpha value is -1.15. The molecule has 0 spiro atoms. The number of benzene rings is 1. The fourth-order valence-electron chi connectivity index (χ4n) is 1.25. The van der Waals surface area contributed by atoms with Gasteiger partial charge >= 0.3 is 0 Å². The monoisotopic (exact) mass is 192 g/mol. The van der Waals surface area contributed by atoms with Crippen LogP contribution < -0.4 is 0 Å². The lowest BCUT2D eigenvalue weighted by Gasteiger charge is -2.10. The molecule has 0 aromatic heterocycles. The maximum atomic E-state index is 11.3. The molecule has 2 nitrogen and oxygen atoms in total. The second-order valence-electron chi connectivity index (χ2n) is 3.57. The van der Waals surface area contributed by atoms with Crippen LogP contribution in [0, 0.1) is 0 Å². The second-order valence-corrected chi connectivity index (χ2v) is 3.57. The van der Waals surface area contributed by atoms with Crippen LogP contribution in [0.5, 0.6) is 0 Å². The highest BCUT2D eigenvalue weighted by Crippen LogP contribution is 2.11. The van der Waals surface area contributed by atoms with Gasteiger partial charge in [-0.15, -0.1) is 0 Å². The summed E-state index contributed by atoms with van der Waals surface area (Å²) in [4.78, 5) is 11.3. The van der Waals surface area contributed by atoms with Crippen molar-refractivity contribution in [2.24, 2.45) is 0 Å². The van der Waals surface area contributed by atoms with E-state index in [2.05, 4.69) is 0 Å². The first kappa shape index (κ1) is 10.9. The maximum Gasteiger partial charge on any atom is 0.160 e. The van der Waals surface area contributed by atoms with Crippen LogP contribution in [0.25, 0.3) is 0 Å². The molecule has 0 amide bonds. The molecule has 0 heterocycles. The summed E-state index contributed by atoms with van der Waals surface area (Å²) in [6.07, 6.45) is 0.190. The van der Waals surface area contributed by atoms with E-state index in [0.29, 0.717) is 6.61 Å². The lowest BCUT2D eigenvalue weighted by molar-refractivity contribution is 0.0648. The Labute approximate surface area is 84.9 Å². The zero-order valence-electron chi connectivity index (χ0n) is 8.91. The van der Waals surface area contributed by atoms with Gasteiger partial charge in [0, 0.05) is 5.56 Å². The number of Topliss-reactive ketones (excluding diaryl/α,β-unsaturated/α-hetero) is 1. The smallest absolute Gasteiger partial charge is 0.160 e. The van der Waals surface area contributed by atoms with Gasteiger partial charge in [0.15, 0.2) is 5.78 Å². The van der Waals surface area contributed by atoms with E-state index in [9.17, 15) is 4.79 Å². The average Bonchev–Trinajstić information content (AvgIpc) is 2.15. The number of hydrogen-bond donors (Lipinski definition) is 0. The quantitative estimate of drug-likeness (QED) is 0.686. The Morgan fingerprint density at radius 3 is 2.57 bits per heavy atom. The number of rotatable bonds is 4. The van der Waals surface area contributed by atoms with Crippen LogP contribution in [-0.4, -0.2) is 11.9 Å². The molecule has 1 aromatic carbocycles. The van der Waals surface area contributed by atoms with Crippen LogP contribution in [-0.2, 0) is 11.3 Å². The molecule has 0 unspecified atom stereocenters. The molecule has 0 fully saturated rings. The number of ketones is 1. The van der Waals surface area contributed by atoms with Gasteiger partial charge in [0.2, 0.25) is 0 Å². The lowest BCUT2D eigenvalue weighted by atomic mass is 10.1. The van der Waals surface area contributed by atoms with Gasteiger partial charge in [0.1, 0.15) is 0 Å². The van der Waals surface area contributed by atoms with E-state index >= 15 is 0 Å². The van der Waals surface area contributed by atoms with Gasteiger partial charge < -0.3 is 4.74 Å². The Balaban J connectivity index is 2.79. The molecule has 0 aliphatic heterocycles. The summed E-state index contributed by atoms with van der Waals surface area (Å²) in [5.74, 6) is 0.0907. The average molecular weight is 192 g/mol. The molecule has 0 aliphatic carbocycles. The third-order valence-electron chi connectivity index (χ3n) is 1.97. The SMILES string of the molecule is CC(=O)c1ccccc1COC(C)C. The van der Waals surface area contributed by atoms with Gasteiger partial charge in [-0.3, -0.25) is 4.79 Å². The number of carbonyl (C=O) groups excluding carboxylic acids is 1. The van der Waals surface area contributed by atoms with Crippen LogP contribution in [0.1, 0.15) is 36.7 Å². The summed E-state index contributed by atoms with van der Waals surface area (Å²) in [5, 5.41) is 0. The Bertz CT molecular complexity index is 316. The van der Waals surface area contributed by atoms with E-state index in [1.807, 2.05) is 38.1 Å². The van der Waals surface area contributed by atoms with Crippen molar-refractivity contribution in [1.29, 1.82) is 0 Å². The predicted molar refractivity (Wildman–Crippen MR) is 56.4 cm³/mol. The van der Waals surface area contributed by atoms with Crippen molar-refractivity contribution in [2.75, 3.05) is 0 Å². The minimum atomic E-state index is 0.0907. The summed E-state index contributed by atoms with van der Waals surface area (Å²) in [7, 11) is 0. The highest BCUT2D eigenvalue weighted by atomic mass is 16.5. The summed E-state index contributed by atoms with van der Waals surface area (Å²) in [6, 6.07) is 7.56. The second kappa shape index (κ2) is 4.91.